The molecule has 3 rings (SSSR count). The molecule has 0 aliphatic rings. The van der Waals surface area contributed by atoms with Crippen LogP contribution in [0.2, 0.25) is 0 Å². The van der Waals surface area contributed by atoms with Crippen LogP contribution in [0.15, 0.2) is 48.5 Å². The Morgan fingerprint density at radius 1 is 1.12 bits per heavy atom. The molecule has 0 spiro atoms. The number of hydrogen-bond donors (Lipinski definition) is 0. The summed E-state index contributed by atoms with van der Waals surface area (Å²) in [6, 6.07) is 15.7. The monoisotopic (exact) mass is 379 g/mol. The summed E-state index contributed by atoms with van der Waals surface area (Å²) in [6.07, 6.45) is 0.126. The summed E-state index contributed by atoms with van der Waals surface area (Å²) in [5.74, 6) is 0. The van der Waals surface area contributed by atoms with Gasteiger partial charge in [-0.25, -0.2) is 9.37 Å². The lowest BCUT2D eigenvalue weighted by Gasteiger charge is -2.17. The number of benzene rings is 2. The van der Waals surface area contributed by atoms with Crippen LogP contribution >= 0.6 is 18.9 Å². The molecule has 1 unspecified atom stereocenters. The SMILES string of the molecule is CCOP(=O)(Cc1ccc(-c2nc3ccccc3s2)cc1)OCCF. The van der Waals surface area contributed by atoms with Crippen molar-refractivity contribution >= 4 is 29.1 Å². The Balaban J connectivity index is 1.78. The second-order valence-corrected chi connectivity index (χ2v) is 8.48. The van der Waals surface area contributed by atoms with Crippen LogP contribution in [0.4, 0.5) is 4.39 Å². The van der Waals surface area contributed by atoms with Crippen LogP contribution in [0.5, 0.6) is 0 Å². The van der Waals surface area contributed by atoms with E-state index >= 15 is 0 Å². The fraction of sp³-hybridized carbons (Fsp3) is 0.278. The van der Waals surface area contributed by atoms with Gasteiger partial charge in [0.1, 0.15) is 11.7 Å². The predicted molar refractivity (Wildman–Crippen MR) is 99.9 cm³/mol. The van der Waals surface area contributed by atoms with Crippen LogP contribution in [0.25, 0.3) is 20.8 Å². The number of aromatic nitrogens is 1. The molecule has 0 saturated carbocycles. The van der Waals surface area contributed by atoms with E-state index in [0.717, 1.165) is 26.4 Å². The minimum absolute atomic E-state index is 0.126. The van der Waals surface area contributed by atoms with Crippen molar-refractivity contribution in [2.75, 3.05) is 19.9 Å². The molecule has 0 radical (unpaired) electrons. The maximum Gasteiger partial charge on any atom is 0.335 e. The maximum absolute atomic E-state index is 12.6. The molecule has 132 valence electrons. The van der Waals surface area contributed by atoms with Crippen molar-refractivity contribution in [3.8, 4) is 10.6 Å². The summed E-state index contributed by atoms with van der Waals surface area (Å²) in [6.45, 7) is 1.09. The average Bonchev–Trinajstić information content (AvgIpc) is 3.05. The third-order valence-corrected chi connectivity index (χ3v) is 6.63. The Labute approximate surface area is 150 Å². The minimum atomic E-state index is -3.32. The van der Waals surface area contributed by atoms with Gasteiger partial charge in [0.15, 0.2) is 0 Å². The van der Waals surface area contributed by atoms with E-state index in [1.165, 1.54) is 0 Å². The molecule has 0 fully saturated rings. The first kappa shape index (κ1) is 18.2. The number of nitrogens with zero attached hydrogens (tertiary/aromatic N) is 1. The molecule has 0 aliphatic heterocycles. The molecule has 1 heterocycles. The molecule has 7 heteroatoms. The summed E-state index contributed by atoms with van der Waals surface area (Å²) in [5, 5.41) is 0.939. The zero-order chi connectivity index (χ0) is 17.7. The van der Waals surface area contributed by atoms with Gasteiger partial charge >= 0.3 is 7.60 Å². The second-order valence-electron chi connectivity index (χ2n) is 5.39. The third kappa shape index (κ3) is 4.53. The first-order valence-corrected chi connectivity index (χ1v) is 10.6. The van der Waals surface area contributed by atoms with Gasteiger partial charge in [0.25, 0.3) is 0 Å². The van der Waals surface area contributed by atoms with E-state index in [2.05, 4.69) is 4.98 Å². The number of para-hydroxylation sites is 1. The van der Waals surface area contributed by atoms with Crippen molar-refractivity contribution in [2.45, 2.75) is 13.1 Å². The van der Waals surface area contributed by atoms with Crippen LogP contribution < -0.4 is 0 Å². The zero-order valence-electron chi connectivity index (χ0n) is 13.9. The topological polar surface area (TPSA) is 48.4 Å². The second kappa shape index (κ2) is 8.19. The Hall–Kier alpha value is -1.59. The van der Waals surface area contributed by atoms with E-state index in [-0.39, 0.29) is 19.4 Å². The van der Waals surface area contributed by atoms with Crippen LogP contribution in [0.3, 0.4) is 0 Å². The molecule has 0 N–H and O–H groups in total. The van der Waals surface area contributed by atoms with Gasteiger partial charge < -0.3 is 9.05 Å². The van der Waals surface area contributed by atoms with E-state index < -0.39 is 14.3 Å². The predicted octanol–water partition coefficient (Wildman–Crippen LogP) is 5.68. The minimum Gasteiger partial charge on any atom is -0.309 e. The van der Waals surface area contributed by atoms with E-state index in [9.17, 15) is 8.96 Å². The number of rotatable bonds is 8. The summed E-state index contributed by atoms with van der Waals surface area (Å²) in [4.78, 5) is 4.63. The number of hydrogen-bond acceptors (Lipinski definition) is 5. The smallest absolute Gasteiger partial charge is 0.309 e. The molecule has 0 saturated heterocycles. The van der Waals surface area contributed by atoms with E-state index in [1.54, 1.807) is 18.3 Å². The molecule has 0 bridgehead atoms. The van der Waals surface area contributed by atoms with Gasteiger partial charge in [-0.15, -0.1) is 11.3 Å². The molecule has 1 atom stereocenters. The van der Waals surface area contributed by atoms with Gasteiger partial charge in [-0.05, 0) is 24.6 Å². The molecule has 25 heavy (non-hydrogen) atoms. The van der Waals surface area contributed by atoms with Crippen molar-refractivity contribution in [3.63, 3.8) is 0 Å². The quantitative estimate of drug-likeness (QED) is 0.473. The maximum atomic E-state index is 12.6. The molecule has 2 aromatic carbocycles. The molecular formula is C18H19FNO3PS. The van der Waals surface area contributed by atoms with Crippen LogP contribution in [-0.2, 0) is 19.8 Å². The first-order chi connectivity index (χ1) is 12.1. The van der Waals surface area contributed by atoms with Gasteiger partial charge in [-0.1, -0.05) is 36.4 Å². The van der Waals surface area contributed by atoms with Crippen molar-refractivity contribution < 1.29 is 18.0 Å². The lowest BCUT2D eigenvalue weighted by molar-refractivity contribution is 0.196. The number of alkyl halides is 1. The molecule has 3 aromatic rings. The van der Waals surface area contributed by atoms with Crippen LogP contribution in [-0.4, -0.2) is 24.9 Å². The number of halogens is 1. The summed E-state index contributed by atoms with van der Waals surface area (Å²) < 4.78 is 36.4. The van der Waals surface area contributed by atoms with Crippen molar-refractivity contribution in [2.24, 2.45) is 0 Å². The Morgan fingerprint density at radius 3 is 2.56 bits per heavy atom. The Morgan fingerprint density at radius 2 is 1.88 bits per heavy atom. The summed E-state index contributed by atoms with van der Waals surface area (Å²) >= 11 is 1.63. The van der Waals surface area contributed by atoms with Gasteiger partial charge in [0.2, 0.25) is 0 Å². The molecular weight excluding hydrogens is 360 g/mol. The normalized spacial score (nSPS) is 13.8. The Kier molecular flexibility index (Phi) is 5.97. The third-order valence-electron chi connectivity index (χ3n) is 3.56. The molecule has 0 amide bonds. The van der Waals surface area contributed by atoms with Crippen molar-refractivity contribution in [3.05, 3.63) is 54.1 Å². The fourth-order valence-electron chi connectivity index (χ4n) is 2.47. The van der Waals surface area contributed by atoms with Gasteiger partial charge in [0, 0.05) is 5.56 Å². The number of thiazole rings is 1. The molecule has 4 nitrogen and oxygen atoms in total. The highest BCUT2D eigenvalue weighted by Crippen LogP contribution is 2.51. The highest BCUT2D eigenvalue weighted by Gasteiger charge is 2.24. The van der Waals surface area contributed by atoms with Gasteiger partial charge in [0.05, 0.1) is 29.6 Å². The Bertz CT molecular complexity index is 848. The van der Waals surface area contributed by atoms with Crippen molar-refractivity contribution in [1.82, 2.24) is 4.98 Å². The van der Waals surface area contributed by atoms with Crippen LogP contribution in [0, 0.1) is 0 Å². The molecule has 0 aliphatic carbocycles. The summed E-state index contributed by atoms with van der Waals surface area (Å²) in [5.41, 5.74) is 2.80. The largest absolute Gasteiger partial charge is 0.335 e. The van der Waals surface area contributed by atoms with Crippen LogP contribution in [0.1, 0.15) is 12.5 Å². The highest BCUT2D eigenvalue weighted by molar-refractivity contribution is 7.53. The lowest BCUT2D eigenvalue weighted by atomic mass is 10.2. The van der Waals surface area contributed by atoms with Crippen molar-refractivity contribution in [1.29, 1.82) is 0 Å². The number of fused-ring (bicyclic) bond motifs is 1. The average molecular weight is 379 g/mol. The highest BCUT2D eigenvalue weighted by atomic mass is 32.1. The summed E-state index contributed by atoms with van der Waals surface area (Å²) in [7, 11) is -3.32. The zero-order valence-corrected chi connectivity index (χ0v) is 15.6. The fourth-order valence-corrected chi connectivity index (χ4v) is 5.10. The van der Waals surface area contributed by atoms with E-state index in [4.69, 9.17) is 9.05 Å². The standard InChI is InChI=1S/C18H19FNO3PS/c1-2-22-24(21,23-12-11-19)13-14-7-9-15(10-8-14)18-20-16-5-3-4-6-17(16)25-18/h3-10H,2,11-13H2,1H3. The first-order valence-electron chi connectivity index (χ1n) is 8.02. The molecule has 1 aromatic heterocycles. The van der Waals surface area contributed by atoms with E-state index in [0.29, 0.717) is 0 Å². The van der Waals surface area contributed by atoms with Gasteiger partial charge in [-0.3, -0.25) is 4.57 Å². The van der Waals surface area contributed by atoms with E-state index in [1.807, 2.05) is 48.5 Å². The lowest BCUT2D eigenvalue weighted by Crippen LogP contribution is -2.01. The van der Waals surface area contributed by atoms with Gasteiger partial charge in [-0.2, -0.15) is 0 Å².